The van der Waals surface area contributed by atoms with Gasteiger partial charge in [-0.2, -0.15) is 0 Å². The first-order valence-electron chi connectivity index (χ1n) is 8.25. The number of piperazine rings is 1. The van der Waals surface area contributed by atoms with Gasteiger partial charge in [-0.15, -0.1) is 11.3 Å². The van der Waals surface area contributed by atoms with Gasteiger partial charge in [0.1, 0.15) is 5.01 Å². The maximum absolute atomic E-state index is 4.75. The van der Waals surface area contributed by atoms with Crippen LogP contribution in [0.3, 0.4) is 0 Å². The topological polar surface area (TPSA) is 28.2 Å². The fraction of sp³-hybridized carbons (Fsp3) is 0.824. The van der Waals surface area contributed by atoms with Gasteiger partial charge in [0.25, 0.3) is 0 Å². The highest BCUT2D eigenvalue weighted by atomic mass is 32.1. The van der Waals surface area contributed by atoms with Crippen LogP contribution in [0.25, 0.3) is 0 Å². The SMILES string of the molecule is CCC1(C)CNC(CC(C)C)CN1Cc1nc(C)c(C)s1. The molecule has 2 rings (SSSR count). The lowest BCUT2D eigenvalue weighted by molar-refractivity contribution is 0.0371. The van der Waals surface area contributed by atoms with Crippen LogP contribution in [-0.4, -0.2) is 34.6 Å². The van der Waals surface area contributed by atoms with Crippen LogP contribution in [0.2, 0.25) is 0 Å². The minimum atomic E-state index is 0.251. The summed E-state index contributed by atoms with van der Waals surface area (Å²) in [5.74, 6) is 0.750. The van der Waals surface area contributed by atoms with Crippen molar-refractivity contribution in [3.05, 3.63) is 15.6 Å². The normalized spacial score (nSPS) is 27.5. The van der Waals surface area contributed by atoms with E-state index in [9.17, 15) is 0 Å². The average molecular weight is 310 g/mol. The molecule has 2 heterocycles. The van der Waals surface area contributed by atoms with Crippen molar-refractivity contribution in [2.75, 3.05) is 13.1 Å². The molecule has 1 fully saturated rings. The third-order valence-electron chi connectivity index (χ3n) is 4.89. The first-order valence-corrected chi connectivity index (χ1v) is 9.07. The fourth-order valence-electron chi connectivity index (χ4n) is 3.13. The average Bonchev–Trinajstić information content (AvgIpc) is 2.72. The van der Waals surface area contributed by atoms with Crippen molar-refractivity contribution in [3.8, 4) is 0 Å². The number of hydrogen-bond acceptors (Lipinski definition) is 4. The van der Waals surface area contributed by atoms with Gasteiger partial charge in [0.2, 0.25) is 0 Å². The molecule has 1 aromatic heterocycles. The summed E-state index contributed by atoms with van der Waals surface area (Å²) in [5, 5.41) is 5.04. The monoisotopic (exact) mass is 309 g/mol. The van der Waals surface area contributed by atoms with E-state index < -0.39 is 0 Å². The predicted molar refractivity (Wildman–Crippen MR) is 91.9 cm³/mol. The molecule has 0 bridgehead atoms. The van der Waals surface area contributed by atoms with Crippen molar-refractivity contribution in [1.29, 1.82) is 0 Å². The Balaban J connectivity index is 2.10. The molecule has 0 spiro atoms. The maximum atomic E-state index is 4.75. The Bertz CT molecular complexity index is 449. The Hall–Kier alpha value is -0.450. The highest BCUT2D eigenvalue weighted by molar-refractivity contribution is 7.11. The Morgan fingerprint density at radius 3 is 2.67 bits per heavy atom. The highest BCUT2D eigenvalue weighted by Gasteiger charge is 2.36. The van der Waals surface area contributed by atoms with Gasteiger partial charge in [-0.05, 0) is 39.5 Å². The molecule has 120 valence electrons. The summed E-state index contributed by atoms with van der Waals surface area (Å²) < 4.78 is 0. The molecular formula is C17H31N3S. The summed E-state index contributed by atoms with van der Waals surface area (Å²) >= 11 is 1.86. The first kappa shape index (κ1) is 16.9. The van der Waals surface area contributed by atoms with Crippen molar-refractivity contribution in [1.82, 2.24) is 15.2 Å². The van der Waals surface area contributed by atoms with E-state index in [1.165, 1.54) is 28.4 Å². The van der Waals surface area contributed by atoms with Gasteiger partial charge >= 0.3 is 0 Å². The highest BCUT2D eigenvalue weighted by Crippen LogP contribution is 2.28. The van der Waals surface area contributed by atoms with Crippen LogP contribution in [0.15, 0.2) is 0 Å². The van der Waals surface area contributed by atoms with Crippen LogP contribution < -0.4 is 5.32 Å². The van der Waals surface area contributed by atoms with Crippen molar-refractivity contribution in [2.45, 2.75) is 72.5 Å². The van der Waals surface area contributed by atoms with E-state index in [0.717, 1.165) is 25.6 Å². The van der Waals surface area contributed by atoms with Crippen LogP contribution >= 0.6 is 11.3 Å². The van der Waals surface area contributed by atoms with Crippen LogP contribution in [-0.2, 0) is 6.54 Å². The minimum absolute atomic E-state index is 0.251. The molecule has 2 unspecified atom stereocenters. The maximum Gasteiger partial charge on any atom is 0.107 e. The van der Waals surface area contributed by atoms with Crippen molar-refractivity contribution < 1.29 is 0 Å². The summed E-state index contributed by atoms with van der Waals surface area (Å²) in [5.41, 5.74) is 1.45. The van der Waals surface area contributed by atoms with Gasteiger partial charge < -0.3 is 5.32 Å². The smallest absolute Gasteiger partial charge is 0.107 e. The molecule has 21 heavy (non-hydrogen) atoms. The van der Waals surface area contributed by atoms with Gasteiger partial charge in [-0.3, -0.25) is 4.90 Å². The molecule has 4 heteroatoms. The zero-order chi connectivity index (χ0) is 15.6. The van der Waals surface area contributed by atoms with E-state index in [1.807, 2.05) is 11.3 Å². The van der Waals surface area contributed by atoms with Gasteiger partial charge in [-0.1, -0.05) is 20.8 Å². The summed E-state index contributed by atoms with van der Waals surface area (Å²) in [6.45, 7) is 16.8. The van der Waals surface area contributed by atoms with Gasteiger partial charge in [-0.25, -0.2) is 4.98 Å². The molecule has 1 N–H and O–H groups in total. The number of hydrogen-bond donors (Lipinski definition) is 1. The Morgan fingerprint density at radius 2 is 2.14 bits per heavy atom. The third-order valence-corrected chi connectivity index (χ3v) is 5.95. The molecule has 0 aromatic carbocycles. The largest absolute Gasteiger partial charge is 0.311 e. The third kappa shape index (κ3) is 4.05. The summed E-state index contributed by atoms with van der Waals surface area (Å²) in [6.07, 6.45) is 2.43. The predicted octanol–water partition coefficient (Wildman–Crippen LogP) is 3.75. The second kappa shape index (κ2) is 6.76. The van der Waals surface area contributed by atoms with E-state index in [2.05, 4.69) is 51.8 Å². The number of nitrogens with zero attached hydrogens (tertiary/aromatic N) is 2. The molecule has 1 aromatic rings. The molecule has 0 saturated carbocycles. The van der Waals surface area contributed by atoms with Crippen molar-refractivity contribution in [3.63, 3.8) is 0 Å². The summed E-state index contributed by atoms with van der Waals surface area (Å²) in [6, 6.07) is 0.617. The minimum Gasteiger partial charge on any atom is -0.311 e. The molecular weight excluding hydrogens is 278 g/mol. The second-order valence-electron chi connectivity index (χ2n) is 7.19. The van der Waals surface area contributed by atoms with Crippen LogP contribution in [0.4, 0.5) is 0 Å². The molecule has 2 atom stereocenters. The number of rotatable bonds is 5. The Kier molecular flexibility index (Phi) is 5.44. The van der Waals surface area contributed by atoms with E-state index in [0.29, 0.717) is 6.04 Å². The molecule has 0 radical (unpaired) electrons. The fourth-order valence-corrected chi connectivity index (χ4v) is 4.08. The molecule has 3 nitrogen and oxygen atoms in total. The lowest BCUT2D eigenvalue weighted by atomic mass is 9.90. The number of thiazole rings is 1. The zero-order valence-corrected chi connectivity index (χ0v) is 15.3. The lowest BCUT2D eigenvalue weighted by Crippen LogP contribution is -2.62. The molecule has 1 aliphatic heterocycles. The van der Waals surface area contributed by atoms with Gasteiger partial charge in [0.15, 0.2) is 0 Å². The van der Waals surface area contributed by atoms with E-state index >= 15 is 0 Å². The van der Waals surface area contributed by atoms with Crippen LogP contribution in [0, 0.1) is 19.8 Å². The van der Waals surface area contributed by atoms with Crippen LogP contribution in [0.1, 0.15) is 56.1 Å². The van der Waals surface area contributed by atoms with Crippen LogP contribution in [0.5, 0.6) is 0 Å². The summed E-state index contributed by atoms with van der Waals surface area (Å²) in [4.78, 5) is 8.77. The quantitative estimate of drug-likeness (QED) is 0.898. The first-order chi connectivity index (χ1) is 9.84. The Morgan fingerprint density at radius 1 is 1.43 bits per heavy atom. The Labute approximate surface area is 134 Å². The van der Waals surface area contributed by atoms with E-state index in [4.69, 9.17) is 4.98 Å². The summed E-state index contributed by atoms with van der Waals surface area (Å²) in [7, 11) is 0. The standard InChI is InChI=1S/C17H31N3S/c1-7-17(6)11-18-15(8-12(2)3)9-20(17)10-16-19-13(4)14(5)21-16/h12,15,18H,7-11H2,1-6H3. The van der Waals surface area contributed by atoms with Crippen molar-refractivity contribution in [2.24, 2.45) is 5.92 Å². The molecule has 1 aliphatic rings. The molecule has 1 saturated heterocycles. The molecule has 0 amide bonds. The zero-order valence-electron chi connectivity index (χ0n) is 14.5. The van der Waals surface area contributed by atoms with E-state index in [-0.39, 0.29) is 5.54 Å². The number of nitrogens with one attached hydrogen (secondary N) is 1. The lowest BCUT2D eigenvalue weighted by Gasteiger charge is -2.48. The van der Waals surface area contributed by atoms with E-state index in [1.54, 1.807) is 0 Å². The van der Waals surface area contributed by atoms with Gasteiger partial charge in [0, 0.05) is 29.5 Å². The molecule has 0 aliphatic carbocycles. The number of aryl methyl sites for hydroxylation is 2. The number of aromatic nitrogens is 1. The van der Waals surface area contributed by atoms with Crippen molar-refractivity contribution >= 4 is 11.3 Å². The second-order valence-corrected chi connectivity index (χ2v) is 8.48. The van der Waals surface area contributed by atoms with Gasteiger partial charge in [0.05, 0.1) is 12.2 Å².